The molecular weight excluding hydrogens is 432 g/mol. The zero-order valence-electron chi connectivity index (χ0n) is 17.3. The molecule has 1 aliphatic rings. The molecule has 7 nitrogen and oxygen atoms in total. The van der Waals surface area contributed by atoms with Gasteiger partial charge in [-0.1, -0.05) is 18.2 Å². The number of alkyl halides is 2. The van der Waals surface area contributed by atoms with Crippen LogP contribution in [0.4, 0.5) is 14.5 Å². The molecule has 0 radical (unpaired) electrons. The molecule has 1 amide bonds. The molecule has 1 atom stereocenters. The summed E-state index contributed by atoms with van der Waals surface area (Å²) in [6.45, 7) is -2.94. The number of para-hydroxylation sites is 1. The quantitative estimate of drug-likeness (QED) is 0.406. The number of hydrogen-bond acceptors (Lipinski definition) is 6. The number of hydrazone groups is 1. The molecule has 0 unspecified atom stereocenters. The molecule has 0 saturated carbocycles. The molecule has 0 fully saturated rings. The number of halogens is 2. The Labute approximate surface area is 187 Å². The first-order chi connectivity index (χ1) is 16.1. The van der Waals surface area contributed by atoms with Gasteiger partial charge in [0.2, 0.25) is 0 Å². The van der Waals surface area contributed by atoms with Crippen molar-refractivity contribution in [3.05, 3.63) is 84.5 Å². The van der Waals surface area contributed by atoms with E-state index in [9.17, 15) is 13.6 Å². The number of carbonyl (C=O) groups is 1. The number of nitrogens with zero attached hydrogens (tertiary/aromatic N) is 2. The van der Waals surface area contributed by atoms with Crippen molar-refractivity contribution in [2.24, 2.45) is 5.10 Å². The fourth-order valence-electron chi connectivity index (χ4n) is 3.73. The van der Waals surface area contributed by atoms with Gasteiger partial charge in [0, 0.05) is 17.5 Å². The maximum absolute atomic E-state index is 13.0. The molecule has 1 aliphatic heterocycles. The van der Waals surface area contributed by atoms with E-state index in [4.69, 9.17) is 8.83 Å². The summed E-state index contributed by atoms with van der Waals surface area (Å²) in [4.78, 5) is 13.0. The van der Waals surface area contributed by atoms with E-state index in [0.717, 1.165) is 11.0 Å². The van der Waals surface area contributed by atoms with E-state index in [1.807, 2.05) is 30.3 Å². The topological polar surface area (TPSA) is 80.2 Å². The summed E-state index contributed by atoms with van der Waals surface area (Å²) in [6, 6.07) is 18.6. The van der Waals surface area contributed by atoms with Gasteiger partial charge < -0.3 is 18.9 Å². The van der Waals surface area contributed by atoms with Gasteiger partial charge in [0.05, 0.1) is 12.8 Å². The number of ether oxygens (including phenoxy) is 1. The van der Waals surface area contributed by atoms with Gasteiger partial charge in [-0.3, -0.25) is 4.79 Å². The molecule has 9 heteroatoms. The van der Waals surface area contributed by atoms with Gasteiger partial charge in [-0.05, 0) is 48.5 Å². The van der Waals surface area contributed by atoms with Crippen LogP contribution in [0, 0.1) is 0 Å². The summed E-state index contributed by atoms with van der Waals surface area (Å²) < 4.78 is 40.4. The van der Waals surface area contributed by atoms with Crippen molar-refractivity contribution >= 4 is 28.3 Å². The summed E-state index contributed by atoms with van der Waals surface area (Å²) in [5, 5.41) is 9.89. The van der Waals surface area contributed by atoms with Gasteiger partial charge in [0.1, 0.15) is 28.8 Å². The van der Waals surface area contributed by atoms with Crippen molar-refractivity contribution in [2.45, 2.75) is 19.1 Å². The predicted octanol–water partition coefficient (Wildman–Crippen LogP) is 5.42. The van der Waals surface area contributed by atoms with E-state index in [1.165, 1.54) is 17.1 Å². The molecule has 3 heterocycles. The number of benzene rings is 2. The number of nitrogens with one attached hydrogen (secondary N) is 1. The van der Waals surface area contributed by atoms with Crippen molar-refractivity contribution in [2.75, 3.05) is 11.9 Å². The van der Waals surface area contributed by atoms with Crippen LogP contribution in [0.25, 0.3) is 11.0 Å². The van der Waals surface area contributed by atoms with Gasteiger partial charge in [-0.15, -0.1) is 0 Å². The van der Waals surface area contributed by atoms with Crippen LogP contribution in [-0.2, 0) is 4.79 Å². The molecule has 5 rings (SSSR count). The lowest BCUT2D eigenvalue weighted by Crippen LogP contribution is -2.32. The highest BCUT2D eigenvalue weighted by Crippen LogP contribution is 2.34. The number of fused-ring (bicyclic) bond motifs is 1. The lowest BCUT2D eigenvalue weighted by Gasteiger charge is -2.20. The molecule has 33 heavy (non-hydrogen) atoms. The van der Waals surface area contributed by atoms with Crippen molar-refractivity contribution < 1.29 is 27.1 Å². The minimum Gasteiger partial charge on any atom is -0.467 e. The fraction of sp³-hybridized carbons (Fsp3) is 0.167. The van der Waals surface area contributed by atoms with Gasteiger partial charge in [-0.2, -0.15) is 13.9 Å². The SMILES string of the molecule is O=C(CNc1ccc(OC(F)F)cc1)N1N=C(c2cc3ccccc3o2)C[C@@H]1c1ccco1. The second-order valence-electron chi connectivity index (χ2n) is 7.43. The minimum atomic E-state index is -2.89. The molecule has 0 aliphatic carbocycles. The van der Waals surface area contributed by atoms with Crippen molar-refractivity contribution in [1.82, 2.24) is 5.01 Å². The average molecular weight is 451 g/mol. The van der Waals surface area contributed by atoms with Crippen LogP contribution in [0.1, 0.15) is 24.0 Å². The van der Waals surface area contributed by atoms with Crippen LogP contribution < -0.4 is 10.1 Å². The van der Waals surface area contributed by atoms with Crippen LogP contribution >= 0.6 is 0 Å². The maximum Gasteiger partial charge on any atom is 0.387 e. The minimum absolute atomic E-state index is 0.0411. The molecule has 0 saturated heterocycles. The van der Waals surface area contributed by atoms with Crippen LogP contribution in [0.3, 0.4) is 0 Å². The van der Waals surface area contributed by atoms with Gasteiger partial charge >= 0.3 is 6.61 Å². The maximum atomic E-state index is 13.0. The molecule has 2 aromatic carbocycles. The number of anilines is 1. The Morgan fingerprint density at radius 3 is 2.70 bits per heavy atom. The molecule has 0 spiro atoms. The summed E-state index contributed by atoms with van der Waals surface area (Å²) >= 11 is 0. The first-order valence-corrected chi connectivity index (χ1v) is 10.3. The Bertz CT molecular complexity index is 1250. The lowest BCUT2D eigenvalue weighted by atomic mass is 10.1. The van der Waals surface area contributed by atoms with E-state index in [2.05, 4.69) is 15.2 Å². The predicted molar refractivity (Wildman–Crippen MR) is 117 cm³/mol. The largest absolute Gasteiger partial charge is 0.467 e. The third-order valence-electron chi connectivity index (χ3n) is 5.27. The number of amides is 1. The van der Waals surface area contributed by atoms with E-state index < -0.39 is 12.7 Å². The Morgan fingerprint density at radius 2 is 1.97 bits per heavy atom. The number of furan rings is 2. The highest BCUT2D eigenvalue weighted by molar-refractivity contribution is 6.03. The highest BCUT2D eigenvalue weighted by atomic mass is 19.3. The Hall–Kier alpha value is -4.14. The molecule has 2 aromatic heterocycles. The Morgan fingerprint density at radius 1 is 1.15 bits per heavy atom. The zero-order valence-corrected chi connectivity index (χ0v) is 17.3. The second kappa shape index (κ2) is 8.78. The molecule has 168 valence electrons. The zero-order chi connectivity index (χ0) is 22.8. The standard InChI is InChI=1S/C24H19F2N3O4/c25-24(26)32-17-9-7-16(8-10-17)27-14-23(30)29-19(21-6-3-11-31-21)13-18(28-29)22-12-15-4-1-2-5-20(15)33-22/h1-12,19,24,27H,13-14H2/t19-/m1/s1. The summed E-state index contributed by atoms with van der Waals surface area (Å²) in [5.74, 6) is 0.979. The first kappa shape index (κ1) is 20.7. The van der Waals surface area contributed by atoms with Crippen LogP contribution in [0.2, 0.25) is 0 Å². The van der Waals surface area contributed by atoms with Gasteiger partial charge in [-0.25, -0.2) is 5.01 Å². The van der Waals surface area contributed by atoms with E-state index in [-0.39, 0.29) is 18.2 Å². The van der Waals surface area contributed by atoms with Crippen molar-refractivity contribution in [3.63, 3.8) is 0 Å². The number of carbonyl (C=O) groups excluding carboxylic acids is 1. The fourth-order valence-corrected chi connectivity index (χ4v) is 3.73. The van der Waals surface area contributed by atoms with Crippen molar-refractivity contribution in [3.8, 4) is 5.75 Å². The summed E-state index contributed by atoms with van der Waals surface area (Å²) in [7, 11) is 0. The first-order valence-electron chi connectivity index (χ1n) is 10.3. The van der Waals surface area contributed by atoms with Crippen LogP contribution in [0.5, 0.6) is 5.75 Å². The van der Waals surface area contributed by atoms with Gasteiger partial charge in [0.15, 0.2) is 5.76 Å². The summed E-state index contributed by atoms with van der Waals surface area (Å²) in [6.07, 6.45) is 2.00. The molecular formula is C24H19F2N3O4. The second-order valence-corrected chi connectivity index (χ2v) is 7.43. The van der Waals surface area contributed by atoms with Gasteiger partial charge in [0.25, 0.3) is 5.91 Å². The van der Waals surface area contributed by atoms with E-state index in [1.54, 1.807) is 30.5 Å². The van der Waals surface area contributed by atoms with E-state index >= 15 is 0 Å². The van der Waals surface area contributed by atoms with Crippen LogP contribution in [0.15, 0.2) is 86.9 Å². The number of hydrogen-bond donors (Lipinski definition) is 1. The lowest BCUT2D eigenvalue weighted by molar-refractivity contribution is -0.131. The normalized spacial score (nSPS) is 15.8. The highest BCUT2D eigenvalue weighted by Gasteiger charge is 2.35. The molecule has 1 N–H and O–H groups in total. The van der Waals surface area contributed by atoms with Crippen LogP contribution in [-0.4, -0.2) is 29.8 Å². The average Bonchev–Trinajstić information content (AvgIpc) is 3.56. The monoisotopic (exact) mass is 451 g/mol. The van der Waals surface area contributed by atoms with Crippen molar-refractivity contribution in [1.29, 1.82) is 0 Å². The Balaban J connectivity index is 1.33. The van der Waals surface area contributed by atoms with E-state index in [0.29, 0.717) is 29.3 Å². The molecule has 0 bridgehead atoms. The number of rotatable bonds is 7. The smallest absolute Gasteiger partial charge is 0.387 e. The third-order valence-corrected chi connectivity index (χ3v) is 5.27. The Kier molecular flexibility index (Phi) is 5.52. The molecule has 4 aromatic rings. The summed E-state index contributed by atoms with van der Waals surface area (Å²) in [5.41, 5.74) is 1.98. The third kappa shape index (κ3) is 4.43.